The molecule has 26 heavy (non-hydrogen) atoms. The molecule has 8 heteroatoms. The fourth-order valence-corrected chi connectivity index (χ4v) is 2.76. The third-order valence-corrected chi connectivity index (χ3v) is 4.02. The molecule has 1 fully saturated rings. The topological polar surface area (TPSA) is 79.3 Å². The van der Waals surface area contributed by atoms with Crippen LogP contribution >= 0.6 is 0 Å². The average molecular weight is 368 g/mol. The van der Waals surface area contributed by atoms with Crippen LogP contribution in [0.5, 0.6) is 5.75 Å². The number of aliphatic hydroxyl groups is 1. The van der Waals surface area contributed by atoms with Crippen LogP contribution in [0.3, 0.4) is 0 Å². The lowest BCUT2D eigenvalue weighted by Gasteiger charge is -2.41. The molecular formula is C18H25FN2O5. The van der Waals surface area contributed by atoms with Gasteiger partial charge in [0.15, 0.2) is 11.6 Å². The van der Waals surface area contributed by atoms with E-state index in [1.807, 2.05) is 0 Å². The quantitative estimate of drug-likeness (QED) is 0.881. The van der Waals surface area contributed by atoms with Crippen LogP contribution in [0.15, 0.2) is 18.2 Å². The van der Waals surface area contributed by atoms with Gasteiger partial charge in [-0.2, -0.15) is 0 Å². The SMILES string of the molecule is COc1cccc(C(=O)N2CCN(C(=O)OC(C)(C)C)CC2CO)c1F. The molecular weight excluding hydrogens is 343 g/mol. The second kappa shape index (κ2) is 7.90. The molecule has 1 aromatic carbocycles. The summed E-state index contributed by atoms with van der Waals surface area (Å²) in [5.41, 5.74) is -0.767. The van der Waals surface area contributed by atoms with Crippen LogP contribution in [0.4, 0.5) is 9.18 Å². The summed E-state index contributed by atoms with van der Waals surface area (Å²) >= 11 is 0. The largest absolute Gasteiger partial charge is 0.494 e. The first-order valence-electron chi connectivity index (χ1n) is 8.40. The van der Waals surface area contributed by atoms with Gasteiger partial charge in [-0.25, -0.2) is 9.18 Å². The first kappa shape index (κ1) is 20.0. The number of carbonyl (C=O) groups excluding carboxylic acids is 2. The molecule has 0 aromatic heterocycles. The Labute approximate surface area is 152 Å². The molecule has 2 rings (SSSR count). The van der Waals surface area contributed by atoms with Crippen molar-refractivity contribution in [2.45, 2.75) is 32.4 Å². The summed E-state index contributed by atoms with van der Waals surface area (Å²) in [7, 11) is 1.32. The Morgan fingerprint density at radius 1 is 1.31 bits per heavy atom. The molecule has 1 aliphatic heterocycles. The van der Waals surface area contributed by atoms with E-state index >= 15 is 0 Å². The minimum Gasteiger partial charge on any atom is -0.494 e. The minimum absolute atomic E-state index is 0.0243. The van der Waals surface area contributed by atoms with E-state index in [1.54, 1.807) is 20.8 Å². The number of rotatable bonds is 3. The number of benzene rings is 1. The van der Waals surface area contributed by atoms with E-state index in [2.05, 4.69) is 0 Å². The molecule has 0 aliphatic carbocycles. The van der Waals surface area contributed by atoms with Gasteiger partial charge in [-0.1, -0.05) is 6.07 Å². The summed E-state index contributed by atoms with van der Waals surface area (Å²) in [6.45, 7) is 5.46. The van der Waals surface area contributed by atoms with Crippen molar-refractivity contribution in [1.82, 2.24) is 9.80 Å². The number of methoxy groups -OCH3 is 1. The average Bonchev–Trinajstić information content (AvgIpc) is 2.59. The van der Waals surface area contributed by atoms with Crippen molar-refractivity contribution in [2.24, 2.45) is 0 Å². The molecule has 2 amide bonds. The highest BCUT2D eigenvalue weighted by Crippen LogP contribution is 2.23. The highest BCUT2D eigenvalue weighted by Gasteiger charge is 2.35. The van der Waals surface area contributed by atoms with Crippen LogP contribution in [0.1, 0.15) is 31.1 Å². The third-order valence-electron chi connectivity index (χ3n) is 4.02. The third kappa shape index (κ3) is 4.43. The Morgan fingerprint density at radius 2 is 2.00 bits per heavy atom. The van der Waals surface area contributed by atoms with Crippen LogP contribution in [-0.4, -0.2) is 71.9 Å². The number of nitrogens with zero attached hydrogens (tertiary/aromatic N) is 2. The van der Waals surface area contributed by atoms with Gasteiger partial charge < -0.3 is 24.4 Å². The van der Waals surface area contributed by atoms with Crippen molar-refractivity contribution in [3.05, 3.63) is 29.6 Å². The first-order chi connectivity index (χ1) is 12.2. The Hall–Kier alpha value is -2.35. The number of hydrogen-bond donors (Lipinski definition) is 1. The molecule has 1 N–H and O–H groups in total. The van der Waals surface area contributed by atoms with E-state index in [9.17, 15) is 19.1 Å². The van der Waals surface area contributed by atoms with Crippen molar-refractivity contribution in [2.75, 3.05) is 33.4 Å². The van der Waals surface area contributed by atoms with Gasteiger partial charge in [-0.3, -0.25) is 4.79 Å². The normalized spacial score (nSPS) is 17.8. The molecule has 1 saturated heterocycles. The molecule has 1 unspecified atom stereocenters. The summed E-state index contributed by atoms with van der Waals surface area (Å²) in [6, 6.07) is 3.68. The molecule has 0 bridgehead atoms. The fourth-order valence-electron chi connectivity index (χ4n) is 2.76. The Balaban J connectivity index is 2.15. The highest BCUT2D eigenvalue weighted by molar-refractivity contribution is 5.95. The number of amides is 2. The Morgan fingerprint density at radius 3 is 2.58 bits per heavy atom. The Kier molecular flexibility index (Phi) is 6.07. The van der Waals surface area contributed by atoms with Gasteiger partial charge in [-0.05, 0) is 32.9 Å². The molecule has 0 radical (unpaired) electrons. The van der Waals surface area contributed by atoms with Gasteiger partial charge in [0.1, 0.15) is 5.60 Å². The lowest BCUT2D eigenvalue weighted by atomic mass is 10.1. The first-order valence-corrected chi connectivity index (χ1v) is 8.40. The fraction of sp³-hybridized carbons (Fsp3) is 0.556. The molecule has 0 saturated carbocycles. The van der Waals surface area contributed by atoms with Gasteiger partial charge >= 0.3 is 6.09 Å². The van der Waals surface area contributed by atoms with Crippen LogP contribution in [-0.2, 0) is 4.74 Å². The zero-order chi connectivity index (χ0) is 19.5. The maximum atomic E-state index is 14.4. The molecule has 7 nitrogen and oxygen atoms in total. The summed E-state index contributed by atoms with van der Waals surface area (Å²) in [5.74, 6) is -1.32. The van der Waals surface area contributed by atoms with Crippen LogP contribution in [0, 0.1) is 5.82 Å². The maximum absolute atomic E-state index is 14.4. The standard InChI is InChI=1S/C18H25FN2O5/c1-18(2,3)26-17(24)20-8-9-21(12(10-20)11-22)16(23)13-6-5-7-14(25-4)15(13)19/h5-7,12,22H,8-11H2,1-4H3. The van der Waals surface area contributed by atoms with E-state index in [1.165, 1.54) is 35.1 Å². The number of carbonyl (C=O) groups is 2. The van der Waals surface area contributed by atoms with Crippen molar-refractivity contribution >= 4 is 12.0 Å². The van der Waals surface area contributed by atoms with Crippen LogP contribution < -0.4 is 4.74 Å². The van der Waals surface area contributed by atoms with Gasteiger partial charge in [0.25, 0.3) is 5.91 Å². The number of hydrogen-bond acceptors (Lipinski definition) is 5. The molecule has 144 valence electrons. The van der Waals surface area contributed by atoms with E-state index < -0.39 is 29.5 Å². The summed E-state index contributed by atoms with van der Waals surface area (Å²) in [6.07, 6.45) is -0.504. The number of halogens is 1. The zero-order valence-electron chi connectivity index (χ0n) is 15.5. The van der Waals surface area contributed by atoms with Crippen molar-refractivity contribution in [3.63, 3.8) is 0 Å². The predicted octanol–water partition coefficient (Wildman–Crippen LogP) is 1.89. The monoisotopic (exact) mass is 368 g/mol. The van der Waals surface area contributed by atoms with Gasteiger partial charge in [-0.15, -0.1) is 0 Å². The van der Waals surface area contributed by atoms with Gasteiger partial charge in [0, 0.05) is 19.6 Å². The number of ether oxygens (including phenoxy) is 2. The molecule has 1 atom stereocenters. The van der Waals surface area contributed by atoms with Crippen LogP contribution in [0.25, 0.3) is 0 Å². The van der Waals surface area contributed by atoms with Gasteiger partial charge in [0.2, 0.25) is 0 Å². The minimum atomic E-state index is -0.744. The van der Waals surface area contributed by atoms with E-state index in [-0.39, 0.29) is 37.6 Å². The van der Waals surface area contributed by atoms with Crippen molar-refractivity contribution in [3.8, 4) is 5.75 Å². The lowest BCUT2D eigenvalue weighted by molar-refractivity contribution is -0.00256. The van der Waals surface area contributed by atoms with E-state index in [4.69, 9.17) is 9.47 Å². The van der Waals surface area contributed by atoms with E-state index in [0.29, 0.717) is 0 Å². The summed E-state index contributed by atoms with van der Waals surface area (Å²) in [5, 5.41) is 9.67. The van der Waals surface area contributed by atoms with Crippen LogP contribution in [0.2, 0.25) is 0 Å². The zero-order valence-corrected chi connectivity index (χ0v) is 15.5. The summed E-state index contributed by atoms with van der Waals surface area (Å²) in [4.78, 5) is 27.8. The second-order valence-corrected chi connectivity index (χ2v) is 7.08. The maximum Gasteiger partial charge on any atom is 0.410 e. The van der Waals surface area contributed by atoms with Crippen molar-refractivity contribution < 1.29 is 28.6 Å². The van der Waals surface area contributed by atoms with Crippen molar-refractivity contribution in [1.29, 1.82) is 0 Å². The molecule has 1 aliphatic rings. The second-order valence-electron chi connectivity index (χ2n) is 7.08. The molecule has 1 aromatic rings. The molecule has 1 heterocycles. The Bertz CT molecular complexity index is 674. The lowest BCUT2D eigenvalue weighted by Crippen LogP contribution is -2.58. The van der Waals surface area contributed by atoms with Gasteiger partial charge in [0.05, 0.1) is 25.3 Å². The predicted molar refractivity (Wildman–Crippen MR) is 92.7 cm³/mol. The molecule has 0 spiro atoms. The summed E-state index contributed by atoms with van der Waals surface area (Å²) < 4.78 is 24.6. The highest BCUT2D eigenvalue weighted by atomic mass is 19.1. The number of piperazine rings is 1. The smallest absolute Gasteiger partial charge is 0.410 e. The number of aliphatic hydroxyl groups excluding tert-OH is 1. The van der Waals surface area contributed by atoms with E-state index in [0.717, 1.165) is 0 Å².